The van der Waals surface area contributed by atoms with Gasteiger partial charge in [0.05, 0.1) is 6.42 Å². The average molecular weight is 428 g/mol. The molecule has 0 unspecified atom stereocenters. The number of aromatic nitrogens is 4. The van der Waals surface area contributed by atoms with Crippen molar-refractivity contribution in [2.24, 2.45) is 0 Å². The zero-order chi connectivity index (χ0) is 22.1. The van der Waals surface area contributed by atoms with Crippen LogP contribution in [0.25, 0.3) is 16.7 Å². The molecule has 5 rings (SSSR count). The molecule has 6 nitrogen and oxygen atoms in total. The molecule has 1 aliphatic heterocycles. The van der Waals surface area contributed by atoms with E-state index in [2.05, 4.69) is 46.6 Å². The molecule has 1 aliphatic rings. The van der Waals surface area contributed by atoms with E-state index >= 15 is 0 Å². The highest BCUT2D eigenvalue weighted by molar-refractivity contribution is 5.88. The molecule has 1 atom stereocenters. The van der Waals surface area contributed by atoms with Crippen LogP contribution in [0.15, 0.2) is 61.1 Å². The van der Waals surface area contributed by atoms with E-state index in [-0.39, 0.29) is 11.8 Å². The molecule has 0 spiro atoms. The van der Waals surface area contributed by atoms with Crippen LogP contribution in [-0.4, -0.2) is 43.4 Å². The number of carbonyl (C=O) groups excluding carboxylic acids is 1. The Balaban J connectivity index is 1.33. The van der Waals surface area contributed by atoms with Gasteiger partial charge in [0.2, 0.25) is 5.91 Å². The van der Waals surface area contributed by atoms with Crippen molar-refractivity contribution in [1.29, 1.82) is 0 Å². The normalized spacial score (nSPS) is 16.7. The first-order valence-corrected chi connectivity index (χ1v) is 11.4. The zero-order valence-corrected chi connectivity index (χ0v) is 18.7. The van der Waals surface area contributed by atoms with Crippen molar-refractivity contribution in [1.82, 2.24) is 24.4 Å². The second kappa shape index (κ2) is 8.61. The van der Waals surface area contributed by atoms with Crippen LogP contribution in [0.3, 0.4) is 0 Å². The predicted molar refractivity (Wildman–Crippen MR) is 126 cm³/mol. The Labute approximate surface area is 188 Å². The maximum atomic E-state index is 13.1. The number of piperidine rings is 1. The van der Waals surface area contributed by atoms with Gasteiger partial charge in [-0.15, -0.1) is 0 Å². The van der Waals surface area contributed by atoms with Crippen molar-refractivity contribution in [3.8, 4) is 5.82 Å². The molecule has 6 heteroatoms. The smallest absolute Gasteiger partial charge is 0.227 e. The van der Waals surface area contributed by atoms with Crippen LogP contribution in [-0.2, 0) is 11.2 Å². The van der Waals surface area contributed by atoms with E-state index in [0.717, 1.165) is 59.7 Å². The third kappa shape index (κ3) is 3.93. The van der Waals surface area contributed by atoms with Gasteiger partial charge in [0.15, 0.2) is 0 Å². The number of nitrogens with zero attached hydrogens (tertiary/aromatic N) is 4. The molecule has 0 bridgehead atoms. The molecule has 0 aliphatic carbocycles. The monoisotopic (exact) mass is 427 g/mol. The van der Waals surface area contributed by atoms with Crippen LogP contribution in [0.5, 0.6) is 0 Å². The number of benzene rings is 1. The van der Waals surface area contributed by atoms with Crippen molar-refractivity contribution >= 4 is 16.8 Å². The van der Waals surface area contributed by atoms with E-state index in [1.54, 1.807) is 0 Å². The number of fused-ring (bicyclic) bond motifs is 1. The van der Waals surface area contributed by atoms with Crippen LogP contribution in [0.4, 0.5) is 0 Å². The van der Waals surface area contributed by atoms with E-state index in [0.29, 0.717) is 12.3 Å². The Kier molecular flexibility index (Phi) is 5.52. The molecule has 0 radical (unpaired) electrons. The lowest BCUT2D eigenvalue weighted by molar-refractivity contribution is -0.131. The van der Waals surface area contributed by atoms with Crippen LogP contribution in [0.2, 0.25) is 0 Å². The summed E-state index contributed by atoms with van der Waals surface area (Å²) in [5.41, 5.74) is 3.19. The summed E-state index contributed by atoms with van der Waals surface area (Å²) in [6.45, 7) is 5.82. The maximum Gasteiger partial charge on any atom is 0.227 e. The molecule has 4 heterocycles. The van der Waals surface area contributed by atoms with Gasteiger partial charge >= 0.3 is 0 Å². The highest BCUT2D eigenvalue weighted by atomic mass is 16.2. The lowest BCUT2D eigenvalue weighted by atomic mass is 9.93. The third-order valence-electron chi connectivity index (χ3n) is 6.40. The summed E-state index contributed by atoms with van der Waals surface area (Å²) >= 11 is 0. The molecular weight excluding hydrogens is 398 g/mol. The number of imidazole rings is 1. The van der Waals surface area contributed by atoms with E-state index in [4.69, 9.17) is 4.98 Å². The fraction of sp³-hybridized carbons (Fsp3) is 0.346. The minimum Gasteiger partial charge on any atom is -0.361 e. The van der Waals surface area contributed by atoms with Gasteiger partial charge in [-0.3, -0.25) is 9.36 Å². The highest BCUT2D eigenvalue weighted by Crippen LogP contribution is 2.28. The van der Waals surface area contributed by atoms with Gasteiger partial charge in [-0.25, -0.2) is 9.97 Å². The number of para-hydroxylation sites is 1. The number of amides is 1. The van der Waals surface area contributed by atoms with Gasteiger partial charge in [0.1, 0.15) is 11.6 Å². The molecule has 164 valence electrons. The molecule has 1 amide bonds. The minimum absolute atomic E-state index is 0.187. The summed E-state index contributed by atoms with van der Waals surface area (Å²) in [5, 5.41) is 1.13. The van der Waals surface area contributed by atoms with Crippen molar-refractivity contribution in [2.45, 2.75) is 44.9 Å². The number of rotatable bonds is 5. The lowest BCUT2D eigenvalue weighted by Crippen LogP contribution is -2.40. The first kappa shape index (κ1) is 20.5. The summed E-state index contributed by atoms with van der Waals surface area (Å²) < 4.78 is 2.07. The van der Waals surface area contributed by atoms with Gasteiger partial charge in [-0.05, 0) is 36.6 Å². The standard InChI is InChI=1S/C26H29N5O/c1-18(2)26-27-12-14-31(26)24-11-5-10-22(29-24)19-7-6-13-30(17-19)25(32)15-20-16-28-23-9-4-3-8-21(20)23/h3-5,8-12,14,16,18-19,28H,6-7,13,15,17H2,1-2H3/t19-/m0/s1. The molecule has 1 saturated heterocycles. The number of hydrogen-bond donors (Lipinski definition) is 1. The quantitative estimate of drug-likeness (QED) is 0.496. The SMILES string of the molecule is CC(C)c1nccn1-c1cccc([C@H]2CCCN(C(=O)Cc3c[nH]c4ccccc34)C2)n1. The maximum absolute atomic E-state index is 13.1. The van der Waals surface area contributed by atoms with E-state index < -0.39 is 0 Å². The fourth-order valence-electron chi connectivity index (χ4n) is 4.73. The van der Waals surface area contributed by atoms with Gasteiger partial charge in [-0.2, -0.15) is 0 Å². The van der Waals surface area contributed by atoms with Crippen LogP contribution < -0.4 is 0 Å². The molecule has 1 N–H and O–H groups in total. The van der Waals surface area contributed by atoms with Crippen LogP contribution in [0, 0.1) is 0 Å². The summed E-state index contributed by atoms with van der Waals surface area (Å²) in [6.07, 6.45) is 8.24. The number of hydrogen-bond acceptors (Lipinski definition) is 3. The summed E-state index contributed by atoms with van der Waals surface area (Å²) in [4.78, 5) is 27.9. The van der Waals surface area contributed by atoms with Crippen molar-refractivity contribution < 1.29 is 4.79 Å². The predicted octanol–water partition coefficient (Wildman–Crippen LogP) is 4.82. The Morgan fingerprint density at radius 1 is 1.19 bits per heavy atom. The van der Waals surface area contributed by atoms with E-state index in [1.807, 2.05) is 47.8 Å². The summed E-state index contributed by atoms with van der Waals surface area (Å²) in [7, 11) is 0. The zero-order valence-electron chi connectivity index (χ0n) is 18.7. The van der Waals surface area contributed by atoms with Crippen molar-refractivity contribution in [3.63, 3.8) is 0 Å². The third-order valence-corrected chi connectivity index (χ3v) is 6.40. The highest BCUT2D eigenvalue weighted by Gasteiger charge is 2.26. The first-order valence-electron chi connectivity index (χ1n) is 11.4. The molecule has 1 fully saturated rings. The summed E-state index contributed by atoms with van der Waals surface area (Å²) in [5.74, 6) is 2.66. The van der Waals surface area contributed by atoms with Crippen molar-refractivity contribution in [3.05, 3.63) is 78.1 Å². The molecule has 3 aromatic heterocycles. The Bertz CT molecular complexity index is 1240. The second-order valence-corrected chi connectivity index (χ2v) is 8.95. The first-order chi connectivity index (χ1) is 15.6. The van der Waals surface area contributed by atoms with Gasteiger partial charge in [-0.1, -0.05) is 38.1 Å². The van der Waals surface area contributed by atoms with Gasteiger partial charge in [0, 0.05) is 60.1 Å². The number of H-pyrrole nitrogens is 1. The number of likely N-dealkylation sites (tertiary alicyclic amines) is 1. The number of aromatic amines is 1. The van der Waals surface area contributed by atoms with Crippen LogP contribution >= 0.6 is 0 Å². The Morgan fingerprint density at radius 3 is 2.94 bits per heavy atom. The molecule has 4 aromatic rings. The number of carbonyl (C=O) groups is 1. The van der Waals surface area contributed by atoms with E-state index in [1.165, 1.54) is 0 Å². The number of nitrogens with one attached hydrogen (secondary N) is 1. The molecule has 32 heavy (non-hydrogen) atoms. The fourth-order valence-corrected chi connectivity index (χ4v) is 4.73. The average Bonchev–Trinajstić information content (AvgIpc) is 3.47. The second-order valence-electron chi connectivity index (χ2n) is 8.95. The van der Waals surface area contributed by atoms with E-state index in [9.17, 15) is 4.79 Å². The Morgan fingerprint density at radius 2 is 2.06 bits per heavy atom. The molecular formula is C26H29N5O. The largest absolute Gasteiger partial charge is 0.361 e. The van der Waals surface area contributed by atoms with Crippen molar-refractivity contribution in [2.75, 3.05) is 13.1 Å². The minimum atomic E-state index is 0.187. The molecule has 0 saturated carbocycles. The number of pyridine rings is 1. The Hall–Kier alpha value is -3.41. The van der Waals surface area contributed by atoms with Gasteiger partial charge in [0.25, 0.3) is 0 Å². The summed E-state index contributed by atoms with van der Waals surface area (Å²) in [6, 6.07) is 14.3. The van der Waals surface area contributed by atoms with Crippen LogP contribution in [0.1, 0.15) is 55.6 Å². The topological polar surface area (TPSA) is 66.8 Å². The van der Waals surface area contributed by atoms with Gasteiger partial charge < -0.3 is 9.88 Å². The molecule has 1 aromatic carbocycles. The lowest BCUT2D eigenvalue weighted by Gasteiger charge is -2.32.